The minimum absolute atomic E-state index is 0.100. The molecule has 0 saturated heterocycles. The Labute approximate surface area is 118 Å². The normalized spacial score (nSPS) is 17.8. The molecule has 0 bridgehead atoms. The second-order valence-corrected chi connectivity index (χ2v) is 5.09. The smallest absolute Gasteiger partial charge is 0.191 e. The van der Waals surface area contributed by atoms with Gasteiger partial charge >= 0.3 is 0 Å². The summed E-state index contributed by atoms with van der Waals surface area (Å²) in [4.78, 5) is 12.8. The molecule has 5 heteroatoms. The number of carbonyl (C=O) groups excluding carboxylic acids is 1. The predicted molar refractivity (Wildman–Crippen MR) is 75.5 cm³/mol. The summed E-state index contributed by atoms with van der Waals surface area (Å²) in [5.74, 6) is -0.0443. The van der Waals surface area contributed by atoms with Crippen molar-refractivity contribution in [3.05, 3.63) is 47.3 Å². The van der Waals surface area contributed by atoms with Gasteiger partial charge in [0.1, 0.15) is 5.69 Å². The maximum absolute atomic E-state index is 12.8. The molecule has 3 rings (SSSR count). The molecule has 1 aliphatic heterocycles. The monoisotopic (exact) mass is 270 g/mol. The third-order valence-electron chi connectivity index (χ3n) is 3.72. The number of fused-ring (bicyclic) bond motifs is 1. The number of ketones is 1. The van der Waals surface area contributed by atoms with E-state index in [2.05, 4.69) is 28.6 Å². The third kappa shape index (κ3) is 2.25. The van der Waals surface area contributed by atoms with Gasteiger partial charge in [0.05, 0.1) is 12.1 Å². The van der Waals surface area contributed by atoms with Crippen LogP contribution < -0.4 is 5.32 Å². The quantitative estimate of drug-likeness (QED) is 0.860. The van der Waals surface area contributed by atoms with Gasteiger partial charge in [0.2, 0.25) is 0 Å². The predicted octanol–water partition coefficient (Wildman–Crippen LogP) is 1.76. The summed E-state index contributed by atoms with van der Waals surface area (Å²) in [6.07, 6.45) is 2.51. The van der Waals surface area contributed by atoms with Crippen molar-refractivity contribution in [1.82, 2.24) is 20.3 Å². The molecule has 104 valence electrons. The van der Waals surface area contributed by atoms with Crippen molar-refractivity contribution in [3.63, 3.8) is 0 Å². The lowest BCUT2D eigenvalue weighted by molar-refractivity contribution is 0.0944. The summed E-state index contributed by atoms with van der Waals surface area (Å²) in [7, 11) is 0. The third-order valence-corrected chi connectivity index (χ3v) is 3.72. The lowest BCUT2D eigenvalue weighted by atomic mass is 9.87. The van der Waals surface area contributed by atoms with Gasteiger partial charge in [-0.25, -0.2) is 4.68 Å². The van der Waals surface area contributed by atoms with Crippen molar-refractivity contribution in [2.24, 2.45) is 0 Å². The van der Waals surface area contributed by atoms with Crippen LogP contribution in [0.4, 0.5) is 0 Å². The van der Waals surface area contributed by atoms with Gasteiger partial charge in [0.15, 0.2) is 5.78 Å². The largest absolute Gasteiger partial charge is 0.312 e. The Kier molecular flexibility index (Phi) is 3.60. The molecule has 1 aliphatic rings. The van der Waals surface area contributed by atoms with E-state index in [0.29, 0.717) is 12.2 Å². The average molecular weight is 270 g/mol. The molecule has 0 saturated carbocycles. The Bertz CT molecular complexity index is 620. The topological polar surface area (TPSA) is 59.8 Å². The zero-order valence-corrected chi connectivity index (χ0v) is 11.5. The fraction of sp³-hybridized carbons (Fsp3) is 0.400. The summed E-state index contributed by atoms with van der Waals surface area (Å²) in [5, 5.41) is 11.2. The number of rotatable bonds is 4. The summed E-state index contributed by atoms with van der Waals surface area (Å²) in [6, 6.07) is 8.12. The van der Waals surface area contributed by atoms with Gasteiger partial charge in [-0.05, 0) is 17.5 Å². The van der Waals surface area contributed by atoms with Crippen molar-refractivity contribution in [3.8, 4) is 0 Å². The molecule has 20 heavy (non-hydrogen) atoms. The Morgan fingerprint density at radius 3 is 3.15 bits per heavy atom. The zero-order valence-electron chi connectivity index (χ0n) is 11.5. The number of Topliss-reactive ketones (excluding diaryl/α,β-unsaturated/α-hetero) is 1. The molecule has 1 N–H and O–H groups in total. The Hall–Kier alpha value is -2.01. The van der Waals surface area contributed by atoms with Crippen LogP contribution in [-0.4, -0.2) is 27.3 Å². The maximum Gasteiger partial charge on any atom is 0.191 e. The molecule has 0 spiro atoms. The lowest BCUT2D eigenvalue weighted by Crippen LogP contribution is -2.33. The second-order valence-electron chi connectivity index (χ2n) is 5.09. The number of hydrogen-bond donors (Lipinski definition) is 1. The number of benzene rings is 1. The molecule has 5 nitrogen and oxygen atoms in total. The van der Waals surface area contributed by atoms with Crippen molar-refractivity contribution < 1.29 is 4.79 Å². The van der Waals surface area contributed by atoms with Crippen LogP contribution in [0.15, 0.2) is 30.5 Å². The second kappa shape index (κ2) is 5.54. The van der Waals surface area contributed by atoms with Crippen LogP contribution in [0.5, 0.6) is 0 Å². The summed E-state index contributed by atoms with van der Waals surface area (Å²) < 4.78 is 1.71. The van der Waals surface area contributed by atoms with Crippen LogP contribution in [0, 0.1) is 0 Å². The van der Waals surface area contributed by atoms with Gasteiger partial charge in [0.25, 0.3) is 0 Å². The van der Waals surface area contributed by atoms with Crippen molar-refractivity contribution in [2.45, 2.75) is 32.4 Å². The highest BCUT2D eigenvalue weighted by atomic mass is 16.1. The highest BCUT2D eigenvalue weighted by Crippen LogP contribution is 2.26. The Balaban J connectivity index is 1.94. The first-order valence-corrected chi connectivity index (χ1v) is 7.02. The van der Waals surface area contributed by atoms with Gasteiger partial charge in [-0.2, -0.15) is 0 Å². The van der Waals surface area contributed by atoms with Crippen molar-refractivity contribution in [2.75, 3.05) is 6.54 Å². The molecule has 0 radical (unpaired) electrons. The van der Waals surface area contributed by atoms with E-state index in [1.807, 2.05) is 18.2 Å². The molecule has 1 atom stereocenters. The first-order chi connectivity index (χ1) is 9.81. The standard InChI is InChI=1S/C15H18N4O/c1-2-7-19-14(10-17-18-19)15(20)13-9-16-8-11-5-3-4-6-12(11)13/h3-6,10,13,16H,2,7-9H2,1H3. The number of carbonyl (C=O) groups is 1. The van der Waals surface area contributed by atoms with E-state index in [1.165, 1.54) is 5.56 Å². The fourth-order valence-corrected chi connectivity index (χ4v) is 2.73. The molecule has 1 aromatic carbocycles. The maximum atomic E-state index is 12.8. The SMILES string of the molecule is CCCn1nncc1C(=O)C1CNCc2ccccc21. The van der Waals surface area contributed by atoms with Gasteiger partial charge in [-0.15, -0.1) is 5.10 Å². The Morgan fingerprint density at radius 1 is 1.45 bits per heavy atom. The number of nitrogens with one attached hydrogen (secondary N) is 1. The van der Waals surface area contributed by atoms with Gasteiger partial charge in [-0.3, -0.25) is 4.79 Å². The van der Waals surface area contributed by atoms with E-state index in [9.17, 15) is 4.79 Å². The van der Waals surface area contributed by atoms with Crippen molar-refractivity contribution in [1.29, 1.82) is 0 Å². The minimum atomic E-state index is -0.144. The molecule has 2 heterocycles. The van der Waals surface area contributed by atoms with Crippen LogP contribution in [0.3, 0.4) is 0 Å². The molecule has 0 aliphatic carbocycles. The van der Waals surface area contributed by atoms with Crippen LogP contribution in [0.25, 0.3) is 0 Å². The first kappa shape index (κ1) is 13.0. The first-order valence-electron chi connectivity index (χ1n) is 7.02. The minimum Gasteiger partial charge on any atom is -0.312 e. The highest BCUT2D eigenvalue weighted by Gasteiger charge is 2.29. The fourth-order valence-electron chi connectivity index (χ4n) is 2.73. The summed E-state index contributed by atoms with van der Waals surface area (Å²) in [6.45, 7) is 4.29. The van der Waals surface area contributed by atoms with E-state index in [-0.39, 0.29) is 11.7 Å². The Morgan fingerprint density at radius 2 is 2.30 bits per heavy atom. The molecular weight excluding hydrogens is 252 g/mol. The van der Waals surface area contributed by atoms with Gasteiger partial charge < -0.3 is 5.32 Å². The summed E-state index contributed by atoms with van der Waals surface area (Å²) in [5.41, 5.74) is 2.93. The zero-order chi connectivity index (χ0) is 13.9. The number of aromatic nitrogens is 3. The van der Waals surface area contributed by atoms with E-state index in [4.69, 9.17) is 0 Å². The van der Waals surface area contributed by atoms with Crippen LogP contribution in [0.2, 0.25) is 0 Å². The highest BCUT2D eigenvalue weighted by molar-refractivity contribution is 5.99. The van der Waals surface area contributed by atoms with E-state index in [0.717, 1.165) is 25.1 Å². The van der Waals surface area contributed by atoms with Crippen LogP contribution in [-0.2, 0) is 13.1 Å². The molecule has 0 fully saturated rings. The van der Waals surface area contributed by atoms with Gasteiger partial charge in [0, 0.05) is 19.6 Å². The van der Waals surface area contributed by atoms with Crippen molar-refractivity contribution >= 4 is 5.78 Å². The molecule has 1 aromatic heterocycles. The number of hydrogen-bond acceptors (Lipinski definition) is 4. The van der Waals surface area contributed by atoms with Gasteiger partial charge in [-0.1, -0.05) is 36.4 Å². The molecular formula is C15H18N4O. The summed E-state index contributed by atoms with van der Waals surface area (Å²) >= 11 is 0. The molecule has 0 amide bonds. The van der Waals surface area contributed by atoms with E-state index in [1.54, 1.807) is 10.9 Å². The average Bonchev–Trinajstić information content (AvgIpc) is 2.94. The molecule has 2 aromatic rings. The van der Waals surface area contributed by atoms with E-state index < -0.39 is 0 Å². The number of aryl methyl sites for hydroxylation is 1. The lowest BCUT2D eigenvalue weighted by Gasteiger charge is -2.25. The molecule has 1 unspecified atom stereocenters. The van der Waals surface area contributed by atoms with E-state index >= 15 is 0 Å². The number of nitrogens with zero attached hydrogens (tertiary/aromatic N) is 3. The van der Waals surface area contributed by atoms with Crippen LogP contribution >= 0.6 is 0 Å². The van der Waals surface area contributed by atoms with Crippen LogP contribution in [0.1, 0.15) is 40.9 Å².